The summed E-state index contributed by atoms with van der Waals surface area (Å²) in [6.07, 6.45) is -3.83. The van der Waals surface area contributed by atoms with Crippen LogP contribution in [0.4, 0.5) is 13.2 Å². The lowest BCUT2D eigenvalue weighted by molar-refractivity contribution is -0.137. The molecule has 0 radical (unpaired) electrons. The average Bonchev–Trinajstić information content (AvgIpc) is 2.71. The van der Waals surface area contributed by atoms with Crippen molar-refractivity contribution >= 4 is 35.8 Å². The smallest absolute Gasteiger partial charge is 0.416 e. The molecule has 0 atom stereocenters. The van der Waals surface area contributed by atoms with Crippen molar-refractivity contribution < 1.29 is 23.1 Å². The van der Waals surface area contributed by atoms with Crippen LogP contribution in [0.2, 0.25) is 0 Å². The van der Waals surface area contributed by atoms with Crippen molar-refractivity contribution in [2.75, 3.05) is 26.2 Å². The quantitative estimate of drug-likeness (QED) is 0.175. The van der Waals surface area contributed by atoms with E-state index in [4.69, 9.17) is 0 Å². The summed E-state index contributed by atoms with van der Waals surface area (Å²) >= 11 is 0. The van der Waals surface area contributed by atoms with E-state index < -0.39 is 11.7 Å². The summed E-state index contributed by atoms with van der Waals surface area (Å²) in [7, 11) is 0. The van der Waals surface area contributed by atoms with Crippen LogP contribution >= 0.6 is 24.0 Å². The first-order chi connectivity index (χ1) is 14.3. The molecule has 0 aliphatic carbocycles. The summed E-state index contributed by atoms with van der Waals surface area (Å²) in [5.74, 6) is 0.403. The lowest BCUT2D eigenvalue weighted by Gasteiger charge is -2.12. The van der Waals surface area contributed by atoms with Crippen molar-refractivity contribution in [3.63, 3.8) is 0 Å². The summed E-state index contributed by atoms with van der Waals surface area (Å²) in [4.78, 5) is 16.4. The Morgan fingerprint density at radius 1 is 0.968 bits per heavy atom. The Morgan fingerprint density at radius 3 is 2.16 bits per heavy atom. The average molecular weight is 550 g/mol. The molecule has 0 bridgehead atoms. The maximum Gasteiger partial charge on any atom is 0.416 e. The van der Waals surface area contributed by atoms with Crippen molar-refractivity contribution in [1.82, 2.24) is 16.0 Å². The first kappa shape index (κ1) is 26.5. The molecule has 0 fully saturated rings. The molecule has 2 aromatic rings. The van der Waals surface area contributed by atoms with Crippen molar-refractivity contribution in [1.29, 1.82) is 0 Å². The predicted molar refractivity (Wildman–Crippen MR) is 125 cm³/mol. The van der Waals surface area contributed by atoms with E-state index in [2.05, 4.69) is 20.9 Å². The van der Waals surface area contributed by atoms with Crippen LogP contribution in [0.15, 0.2) is 53.5 Å². The highest BCUT2D eigenvalue weighted by Gasteiger charge is 2.29. The van der Waals surface area contributed by atoms with Crippen LogP contribution in [0, 0.1) is 0 Å². The number of phenolic OH excluding ortho intramolecular Hbond substituents is 1. The van der Waals surface area contributed by atoms with Crippen LogP contribution in [0.25, 0.3) is 0 Å². The Kier molecular flexibility index (Phi) is 11.2. The number of benzene rings is 2. The molecule has 2 rings (SSSR count). The van der Waals surface area contributed by atoms with Gasteiger partial charge in [-0.05, 0) is 55.3 Å². The number of alkyl halides is 3. The van der Waals surface area contributed by atoms with Crippen LogP contribution < -0.4 is 16.0 Å². The zero-order chi connectivity index (χ0) is 22.0. The lowest BCUT2D eigenvalue weighted by atomic mass is 10.1. The number of aromatic hydroxyl groups is 1. The van der Waals surface area contributed by atoms with E-state index in [9.17, 15) is 23.1 Å². The fourth-order valence-electron chi connectivity index (χ4n) is 2.57. The number of aliphatic imine (C=N–C) groups is 1. The monoisotopic (exact) mass is 550 g/mol. The van der Waals surface area contributed by atoms with Crippen molar-refractivity contribution in [2.45, 2.75) is 19.5 Å². The summed E-state index contributed by atoms with van der Waals surface area (Å²) < 4.78 is 37.8. The molecule has 1 amide bonds. The van der Waals surface area contributed by atoms with Gasteiger partial charge in [-0.25, -0.2) is 0 Å². The van der Waals surface area contributed by atoms with Crippen molar-refractivity contribution in [3.05, 3.63) is 65.2 Å². The molecule has 0 spiro atoms. The molecule has 0 unspecified atom stereocenters. The van der Waals surface area contributed by atoms with E-state index in [1.165, 1.54) is 36.4 Å². The molecule has 10 heteroatoms. The first-order valence-corrected chi connectivity index (χ1v) is 9.55. The Hall–Kier alpha value is -2.50. The summed E-state index contributed by atoms with van der Waals surface area (Å²) in [6.45, 7) is 3.77. The number of guanidine groups is 1. The normalized spacial score (nSPS) is 11.4. The number of halogens is 4. The molecule has 6 nitrogen and oxygen atoms in total. The first-order valence-electron chi connectivity index (χ1n) is 9.55. The van der Waals surface area contributed by atoms with E-state index in [-0.39, 0.29) is 35.6 Å². The third-order valence-electron chi connectivity index (χ3n) is 4.13. The van der Waals surface area contributed by atoms with Gasteiger partial charge < -0.3 is 21.1 Å². The molecule has 0 saturated carbocycles. The second-order valence-electron chi connectivity index (χ2n) is 6.43. The fraction of sp³-hybridized carbons (Fsp3) is 0.333. The van der Waals surface area contributed by atoms with Crippen LogP contribution in [0.5, 0.6) is 5.75 Å². The van der Waals surface area contributed by atoms with Crippen LogP contribution in [-0.2, 0) is 12.6 Å². The van der Waals surface area contributed by atoms with Gasteiger partial charge in [-0.2, -0.15) is 13.2 Å². The standard InChI is InChI=1S/C21H25F3N4O2.HI/c1-2-25-20(27-12-11-15-3-7-17(8-4-15)21(22,23)24)28-14-13-26-19(30)16-5-9-18(29)10-6-16;/h3-10,29H,2,11-14H2,1H3,(H,26,30)(H2,25,27,28);1H. The minimum atomic E-state index is -4.34. The largest absolute Gasteiger partial charge is 0.508 e. The molecular weight excluding hydrogens is 524 g/mol. The van der Waals surface area contributed by atoms with Gasteiger partial charge in [0, 0.05) is 31.7 Å². The number of hydrogen-bond acceptors (Lipinski definition) is 3. The van der Waals surface area contributed by atoms with Gasteiger partial charge in [0.05, 0.1) is 5.56 Å². The Labute approximate surface area is 196 Å². The van der Waals surface area contributed by atoms with Crippen LogP contribution in [0.3, 0.4) is 0 Å². The van der Waals surface area contributed by atoms with Crippen molar-refractivity contribution in [3.8, 4) is 5.75 Å². The molecule has 0 heterocycles. The van der Waals surface area contributed by atoms with Gasteiger partial charge in [-0.1, -0.05) is 12.1 Å². The van der Waals surface area contributed by atoms with E-state index >= 15 is 0 Å². The minimum absolute atomic E-state index is 0. The third-order valence-corrected chi connectivity index (χ3v) is 4.13. The molecule has 2 aromatic carbocycles. The number of rotatable bonds is 8. The Balaban J connectivity index is 0.00000480. The van der Waals surface area contributed by atoms with Crippen LogP contribution in [-0.4, -0.2) is 43.2 Å². The van der Waals surface area contributed by atoms with Gasteiger partial charge in [-0.3, -0.25) is 9.79 Å². The summed E-state index contributed by atoms with van der Waals surface area (Å²) in [5, 5.41) is 18.2. The highest BCUT2D eigenvalue weighted by atomic mass is 127. The van der Waals surface area contributed by atoms with Gasteiger partial charge in [0.1, 0.15) is 5.75 Å². The Morgan fingerprint density at radius 2 is 1.58 bits per heavy atom. The minimum Gasteiger partial charge on any atom is -0.508 e. The molecule has 0 saturated heterocycles. The number of carbonyl (C=O) groups excluding carboxylic acids is 1. The summed E-state index contributed by atoms with van der Waals surface area (Å²) in [5.41, 5.74) is 0.549. The molecule has 0 aromatic heterocycles. The molecular formula is C21H26F3IN4O2. The summed E-state index contributed by atoms with van der Waals surface area (Å²) in [6, 6.07) is 11.0. The second kappa shape index (κ2) is 13.0. The van der Waals surface area contributed by atoms with Gasteiger partial charge in [0.2, 0.25) is 0 Å². The number of phenols is 1. The number of hydrogen-bond donors (Lipinski definition) is 4. The number of nitrogens with one attached hydrogen (secondary N) is 3. The molecule has 0 aliphatic heterocycles. The molecule has 0 aliphatic rings. The van der Waals surface area contributed by atoms with Crippen molar-refractivity contribution in [2.24, 2.45) is 4.99 Å². The third kappa shape index (κ3) is 9.45. The molecule has 4 N–H and O–H groups in total. The lowest BCUT2D eigenvalue weighted by Crippen LogP contribution is -2.41. The van der Waals surface area contributed by atoms with E-state index in [0.717, 1.165) is 17.7 Å². The zero-order valence-electron chi connectivity index (χ0n) is 17.0. The number of nitrogens with zero attached hydrogens (tertiary/aromatic N) is 1. The van der Waals surface area contributed by atoms with Gasteiger partial charge in [-0.15, -0.1) is 24.0 Å². The Bertz CT molecular complexity index is 841. The van der Waals surface area contributed by atoms with Gasteiger partial charge >= 0.3 is 6.18 Å². The highest BCUT2D eigenvalue weighted by Crippen LogP contribution is 2.29. The molecule has 31 heavy (non-hydrogen) atoms. The topological polar surface area (TPSA) is 85.8 Å². The maximum atomic E-state index is 12.6. The predicted octanol–water partition coefficient (Wildman–Crippen LogP) is 3.56. The SMILES string of the molecule is CCNC(=NCCc1ccc(C(F)(F)F)cc1)NCCNC(=O)c1ccc(O)cc1.I. The molecule has 170 valence electrons. The highest BCUT2D eigenvalue weighted by molar-refractivity contribution is 14.0. The fourth-order valence-corrected chi connectivity index (χ4v) is 2.57. The van der Waals surface area contributed by atoms with E-state index in [0.29, 0.717) is 44.1 Å². The maximum absolute atomic E-state index is 12.6. The van der Waals surface area contributed by atoms with E-state index in [1.807, 2.05) is 6.92 Å². The van der Waals surface area contributed by atoms with E-state index in [1.54, 1.807) is 0 Å². The number of carbonyl (C=O) groups is 1. The zero-order valence-corrected chi connectivity index (χ0v) is 19.3. The number of amides is 1. The van der Waals surface area contributed by atoms with Crippen LogP contribution in [0.1, 0.15) is 28.4 Å². The van der Waals surface area contributed by atoms with Gasteiger partial charge in [0.25, 0.3) is 5.91 Å². The second-order valence-corrected chi connectivity index (χ2v) is 6.43. The van der Waals surface area contributed by atoms with Gasteiger partial charge in [0.15, 0.2) is 5.96 Å².